The number of hydrogen-bond donors (Lipinski definition) is 0. The lowest BCUT2D eigenvalue weighted by Gasteiger charge is -2.36. The van der Waals surface area contributed by atoms with Crippen molar-refractivity contribution in [1.29, 1.82) is 0 Å². The Bertz CT molecular complexity index is 829. The van der Waals surface area contributed by atoms with Gasteiger partial charge < -0.3 is 19.6 Å². The number of piperazine rings is 2. The molecule has 3 heterocycles. The Morgan fingerprint density at radius 3 is 2.24 bits per heavy atom. The lowest BCUT2D eigenvalue weighted by molar-refractivity contribution is 0.0637. The third-order valence-electron chi connectivity index (χ3n) is 5.76. The van der Waals surface area contributed by atoms with E-state index in [4.69, 9.17) is 0 Å². The summed E-state index contributed by atoms with van der Waals surface area (Å²) in [4.78, 5) is 29.9. The summed E-state index contributed by atoms with van der Waals surface area (Å²) in [7, 11) is 0. The number of amides is 1. The summed E-state index contributed by atoms with van der Waals surface area (Å²) in [5.74, 6) is 0.512. The molecule has 2 fully saturated rings. The monoisotopic (exact) mass is 398 g/mol. The highest BCUT2D eigenvalue weighted by molar-refractivity contribution is 5.92. The molecular formula is C21H27FN6O. The van der Waals surface area contributed by atoms with Crippen LogP contribution in [0.2, 0.25) is 0 Å². The van der Waals surface area contributed by atoms with E-state index in [1.807, 2.05) is 21.9 Å². The SMILES string of the molecule is CCN1CCN(C(=O)c2cnc(N3CCN(c4ccccc4F)CC3)cn2)CC1. The van der Waals surface area contributed by atoms with Gasteiger partial charge in [-0.2, -0.15) is 0 Å². The van der Waals surface area contributed by atoms with Crippen molar-refractivity contribution in [1.82, 2.24) is 19.8 Å². The van der Waals surface area contributed by atoms with E-state index >= 15 is 0 Å². The van der Waals surface area contributed by atoms with Crippen molar-refractivity contribution in [3.63, 3.8) is 0 Å². The molecule has 2 aliphatic rings. The van der Waals surface area contributed by atoms with Gasteiger partial charge in [-0.05, 0) is 18.7 Å². The van der Waals surface area contributed by atoms with E-state index in [0.717, 1.165) is 51.6 Å². The number of halogens is 1. The zero-order valence-electron chi connectivity index (χ0n) is 16.8. The van der Waals surface area contributed by atoms with Gasteiger partial charge in [-0.1, -0.05) is 19.1 Å². The Balaban J connectivity index is 1.34. The lowest BCUT2D eigenvalue weighted by atomic mass is 10.2. The van der Waals surface area contributed by atoms with Crippen LogP contribution < -0.4 is 9.80 Å². The van der Waals surface area contributed by atoms with E-state index in [1.165, 1.54) is 6.07 Å². The van der Waals surface area contributed by atoms with E-state index in [2.05, 4.69) is 26.7 Å². The highest BCUT2D eigenvalue weighted by atomic mass is 19.1. The molecule has 0 bridgehead atoms. The van der Waals surface area contributed by atoms with Crippen molar-refractivity contribution in [2.75, 3.05) is 68.7 Å². The quantitative estimate of drug-likeness (QED) is 0.782. The lowest BCUT2D eigenvalue weighted by Crippen LogP contribution is -2.48. The summed E-state index contributed by atoms with van der Waals surface area (Å²) < 4.78 is 14.0. The molecule has 0 aliphatic carbocycles. The van der Waals surface area contributed by atoms with Gasteiger partial charge >= 0.3 is 0 Å². The number of benzene rings is 1. The van der Waals surface area contributed by atoms with Gasteiger partial charge in [-0.15, -0.1) is 0 Å². The number of hydrogen-bond acceptors (Lipinski definition) is 6. The standard InChI is InChI=1S/C21H27FN6O/c1-2-25-7-9-28(10-8-25)21(29)18-15-24-20(16-23-18)27-13-11-26(12-14-27)19-6-4-3-5-17(19)22/h3-6,15-16H,2,7-14H2,1H3. The van der Waals surface area contributed by atoms with E-state index in [9.17, 15) is 9.18 Å². The Morgan fingerprint density at radius 1 is 0.931 bits per heavy atom. The summed E-state index contributed by atoms with van der Waals surface area (Å²) >= 11 is 0. The molecule has 0 atom stereocenters. The molecule has 4 rings (SSSR count). The second kappa shape index (κ2) is 8.73. The molecule has 2 aliphatic heterocycles. The first-order chi connectivity index (χ1) is 14.2. The van der Waals surface area contributed by atoms with Gasteiger partial charge in [0, 0.05) is 52.4 Å². The predicted molar refractivity (Wildman–Crippen MR) is 111 cm³/mol. The minimum Gasteiger partial charge on any atom is -0.366 e. The molecule has 1 amide bonds. The van der Waals surface area contributed by atoms with Crippen LogP contribution in [0.3, 0.4) is 0 Å². The summed E-state index contributed by atoms with van der Waals surface area (Å²) in [5, 5.41) is 0. The number of nitrogens with zero attached hydrogens (tertiary/aromatic N) is 6. The summed E-state index contributed by atoms with van der Waals surface area (Å²) in [6.45, 7) is 9.31. The zero-order valence-corrected chi connectivity index (χ0v) is 16.8. The highest BCUT2D eigenvalue weighted by Gasteiger charge is 2.24. The van der Waals surface area contributed by atoms with Crippen molar-refractivity contribution in [3.8, 4) is 0 Å². The summed E-state index contributed by atoms with van der Waals surface area (Å²) in [5.41, 5.74) is 1.03. The van der Waals surface area contributed by atoms with E-state index < -0.39 is 0 Å². The molecule has 154 valence electrons. The van der Waals surface area contributed by atoms with Gasteiger partial charge in [0.05, 0.1) is 18.1 Å². The van der Waals surface area contributed by atoms with Crippen molar-refractivity contribution in [3.05, 3.63) is 48.2 Å². The maximum Gasteiger partial charge on any atom is 0.274 e. The largest absolute Gasteiger partial charge is 0.366 e. The zero-order chi connectivity index (χ0) is 20.2. The van der Waals surface area contributed by atoms with Crippen LogP contribution in [0.4, 0.5) is 15.9 Å². The molecule has 0 unspecified atom stereocenters. The highest BCUT2D eigenvalue weighted by Crippen LogP contribution is 2.21. The molecule has 29 heavy (non-hydrogen) atoms. The first-order valence-electron chi connectivity index (χ1n) is 10.2. The Kier molecular flexibility index (Phi) is 5.89. The smallest absolute Gasteiger partial charge is 0.274 e. The number of para-hydroxylation sites is 1. The maximum absolute atomic E-state index is 14.0. The fraction of sp³-hybridized carbons (Fsp3) is 0.476. The topological polar surface area (TPSA) is 55.8 Å². The normalized spacial score (nSPS) is 18.2. The van der Waals surface area contributed by atoms with Crippen molar-refractivity contribution in [2.24, 2.45) is 0 Å². The molecule has 1 aromatic heterocycles. The number of carbonyl (C=O) groups excluding carboxylic acids is 1. The average molecular weight is 398 g/mol. The average Bonchev–Trinajstić information content (AvgIpc) is 2.79. The van der Waals surface area contributed by atoms with E-state index in [-0.39, 0.29) is 11.7 Å². The predicted octanol–water partition coefficient (Wildman–Crippen LogP) is 1.72. The van der Waals surface area contributed by atoms with Crippen molar-refractivity contribution < 1.29 is 9.18 Å². The van der Waals surface area contributed by atoms with E-state index in [0.29, 0.717) is 24.5 Å². The Hall–Kier alpha value is -2.74. The molecule has 0 spiro atoms. The van der Waals surface area contributed by atoms with Crippen molar-refractivity contribution >= 4 is 17.4 Å². The molecule has 0 radical (unpaired) electrons. The molecule has 1 aromatic carbocycles. The molecule has 0 N–H and O–H groups in total. The van der Waals surface area contributed by atoms with Crippen LogP contribution >= 0.6 is 0 Å². The maximum atomic E-state index is 14.0. The first-order valence-corrected chi connectivity index (χ1v) is 10.2. The third kappa shape index (κ3) is 4.32. The number of rotatable bonds is 4. The first kappa shape index (κ1) is 19.6. The van der Waals surface area contributed by atoms with Gasteiger partial charge in [0.1, 0.15) is 17.3 Å². The Labute approximate surface area is 170 Å². The van der Waals surface area contributed by atoms with Crippen molar-refractivity contribution in [2.45, 2.75) is 6.92 Å². The van der Waals surface area contributed by atoms with Gasteiger partial charge in [0.15, 0.2) is 0 Å². The fourth-order valence-electron chi connectivity index (χ4n) is 3.91. The molecule has 2 saturated heterocycles. The molecule has 2 aromatic rings. The number of anilines is 2. The molecular weight excluding hydrogens is 371 g/mol. The van der Waals surface area contributed by atoms with Gasteiger partial charge in [-0.3, -0.25) is 4.79 Å². The van der Waals surface area contributed by atoms with E-state index in [1.54, 1.807) is 18.5 Å². The van der Waals surface area contributed by atoms with Crippen LogP contribution in [0.25, 0.3) is 0 Å². The van der Waals surface area contributed by atoms with Crippen LogP contribution in [0.15, 0.2) is 36.7 Å². The number of likely N-dealkylation sites (N-methyl/N-ethyl adjacent to an activating group) is 1. The second-order valence-electron chi connectivity index (χ2n) is 7.41. The van der Waals surface area contributed by atoms with Gasteiger partial charge in [0.25, 0.3) is 5.91 Å². The Morgan fingerprint density at radius 2 is 1.62 bits per heavy atom. The number of aromatic nitrogens is 2. The number of carbonyl (C=O) groups is 1. The second-order valence-corrected chi connectivity index (χ2v) is 7.41. The third-order valence-corrected chi connectivity index (χ3v) is 5.76. The van der Waals surface area contributed by atoms with Gasteiger partial charge in [0.2, 0.25) is 0 Å². The molecule has 8 heteroatoms. The van der Waals surface area contributed by atoms with Crippen LogP contribution in [-0.4, -0.2) is 84.6 Å². The minimum absolute atomic E-state index is 0.0517. The van der Waals surface area contributed by atoms with Crippen LogP contribution in [0.1, 0.15) is 17.4 Å². The summed E-state index contributed by atoms with van der Waals surface area (Å²) in [6.07, 6.45) is 3.25. The molecule has 0 saturated carbocycles. The van der Waals surface area contributed by atoms with Crippen LogP contribution in [-0.2, 0) is 0 Å². The van der Waals surface area contributed by atoms with Gasteiger partial charge in [-0.25, -0.2) is 14.4 Å². The fourth-order valence-corrected chi connectivity index (χ4v) is 3.91. The van der Waals surface area contributed by atoms with Crippen LogP contribution in [0.5, 0.6) is 0 Å². The summed E-state index contributed by atoms with van der Waals surface area (Å²) in [6, 6.07) is 6.86. The molecule has 7 nitrogen and oxygen atoms in total. The minimum atomic E-state index is -0.191. The van der Waals surface area contributed by atoms with Crippen LogP contribution in [0, 0.1) is 5.82 Å².